The van der Waals surface area contributed by atoms with Gasteiger partial charge in [-0.25, -0.2) is 9.78 Å². The number of carbonyl (C=O) groups excluding carboxylic acids is 1. The zero-order chi connectivity index (χ0) is 7.11. The Balaban J connectivity index is 3.35. The van der Waals surface area contributed by atoms with Crippen molar-refractivity contribution < 1.29 is 14.6 Å². The van der Waals surface area contributed by atoms with E-state index in [2.05, 4.69) is 9.78 Å². The second kappa shape index (κ2) is 5.47. The molecule has 9 heavy (non-hydrogen) atoms. The third-order valence-corrected chi connectivity index (χ3v) is 0.709. The van der Waals surface area contributed by atoms with Gasteiger partial charge in [-0.05, 0) is 19.1 Å². The SMILES string of the molecule is COOC(C)/C=C/C=O. The lowest BCUT2D eigenvalue weighted by Crippen LogP contribution is -2.02. The second-order valence-electron chi connectivity index (χ2n) is 1.49. The Morgan fingerprint density at radius 1 is 1.56 bits per heavy atom. The van der Waals surface area contributed by atoms with Crippen LogP contribution >= 0.6 is 0 Å². The van der Waals surface area contributed by atoms with Crippen molar-refractivity contribution >= 4 is 6.29 Å². The van der Waals surface area contributed by atoms with Gasteiger partial charge in [0.05, 0.1) is 7.11 Å². The summed E-state index contributed by atoms with van der Waals surface area (Å²) in [5.74, 6) is 0. The van der Waals surface area contributed by atoms with Crippen molar-refractivity contribution in [2.24, 2.45) is 0 Å². The molecule has 0 aliphatic heterocycles. The molecule has 3 heteroatoms. The first-order valence-electron chi connectivity index (χ1n) is 2.62. The number of carbonyl (C=O) groups is 1. The Kier molecular flexibility index (Phi) is 5.06. The van der Waals surface area contributed by atoms with Crippen LogP contribution in [0, 0.1) is 0 Å². The molecule has 0 rings (SSSR count). The van der Waals surface area contributed by atoms with Crippen molar-refractivity contribution in [1.82, 2.24) is 0 Å². The number of rotatable bonds is 4. The quantitative estimate of drug-likeness (QED) is 0.243. The summed E-state index contributed by atoms with van der Waals surface area (Å²) in [6, 6.07) is 0. The van der Waals surface area contributed by atoms with Crippen LogP contribution in [0.2, 0.25) is 0 Å². The lowest BCUT2D eigenvalue weighted by molar-refractivity contribution is -0.289. The molecule has 0 aromatic rings. The molecule has 0 aromatic heterocycles. The van der Waals surface area contributed by atoms with E-state index in [1.54, 1.807) is 13.0 Å². The van der Waals surface area contributed by atoms with Crippen molar-refractivity contribution in [3.63, 3.8) is 0 Å². The highest BCUT2D eigenvalue weighted by molar-refractivity contribution is 5.64. The predicted molar refractivity (Wildman–Crippen MR) is 32.8 cm³/mol. The van der Waals surface area contributed by atoms with Gasteiger partial charge in [-0.1, -0.05) is 0 Å². The molecule has 0 aliphatic carbocycles. The van der Waals surface area contributed by atoms with Gasteiger partial charge in [-0.15, -0.1) is 0 Å². The van der Waals surface area contributed by atoms with Gasteiger partial charge in [-0.2, -0.15) is 0 Å². The lowest BCUT2D eigenvalue weighted by atomic mass is 10.4. The van der Waals surface area contributed by atoms with E-state index in [0.29, 0.717) is 6.29 Å². The Hall–Kier alpha value is -0.670. The molecule has 0 saturated carbocycles. The Morgan fingerprint density at radius 2 is 2.22 bits per heavy atom. The topological polar surface area (TPSA) is 35.5 Å². The van der Waals surface area contributed by atoms with E-state index in [9.17, 15) is 4.79 Å². The number of hydrogen-bond donors (Lipinski definition) is 0. The van der Waals surface area contributed by atoms with Crippen LogP contribution in [0.15, 0.2) is 12.2 Å². The lowest BCUT2D eigenvalue weighted by Gasteiger charge is -2.01. The van der Waals surface area contributed by atoms with Crippen molar-refractivity contribution in [2.45, 2.75) is 13.0 Å². The van der Waals surface area contributed by atoms with Crippen molar-refractivity contribution in [3.05, 3.63) is 12.2 Å². The maximum Gasteiger partial charge on any atom is 0.142 e. The molecule has 0 aromatic carbocycles. The second-order valence-corrected chi connectivity index (χ2v) is 1.49. The third kappa shape index (κ3) is 5.20. The van der Waals surface area contributed by atoms with Crippen LogP contribution in [0.3, 0.4) is 0 Å². The molecule has 0 amide bonds. The highest BCUT2D eigenvalue weighted by atomic mass is 17.2. The van der Waals surface area contributed by atoms with Gasteiger partial charge in [0.2, 0.25) is 0 Å². The van der Waals surface area contributed by atoms with Gasteiger partial charge in [0, 0.05) is 0 Å². The van der Waals surface area contributed by atoms with Gasteiger partial charge in [0.15, 0.2) is 0 Å². The maximum atomic E-state index is 9.73. The van der Waals surface area contributed by atoms with Crippen LogP contribution in [0.1, 0.15) is 6.92 Å². The molecule has 1 unspecified atom stereocenters. The first kappa shape index (κ1) is 8.33. The molecule has 0 fully saturated rings. The van der Waals surface area contributed by atoms with Crippen LogP contribution in [0.5, 0.6) is 0 Å². The first-order valence-corrected chi connectivity index (χ1v) is 2.62. The zero-order valence-electron chi connectivity index (χ0n) is 5.53. The molecule has 0 radical (unpaired) electrons. The summed E-state index contributed by atoms with van der Waals surface area (Å²) in [7, 11) is 1.42. The van der Waals surface area contributed by atoms with Crippen LogP contribution in [0.4, 0.5) is 0 Å². The Bertz CT molecular complexity index is 98.5. The monoisotopic (exact) mass is 130 g/mol. The summed E-state index contributed by atoms with van der Waals surface area (Å²) in [5.41, 5.74) is 0. The fourth-order valence-corrected chi connectivity index (χ4v) is 0.386. The molecular formula is C6H10O3. The van der Waals surface area contributed by atoms with E-state index in [1.165, 1.54) is 13.2 Å². The first-order chi connectivity index (χ1) is 4.31. The molecule has 0 saturated heterocycles. The van der Waals surface area contributed by atoms with Crippen LogP contribution in [-0.2, 0) is 14.6 Å². The minimum Gasteiger partial charge on any atom is -0.299 e. The zero-order valence-corrected chi connectivity index (χ0v) is 5.53. The highest BCUT2D eigenvalue weighted by Crippen LogP contribution is 1.90. The molecule has 0 bridgehead atoms. The fourth-order valence-electron chi connectivity index (χ4n) is 0.386. The minimum absolute atomic E-state index is 0.166. The smallest absolute Gasteiger partial charge is 0.142 e. The summed E-state index contributed by atoms with van der Waals surface area (Å²) in [6.45, 7) is 1.77. The molecule has 52 valence electrons. The number of hydrogen-bond acceptors (Lipinski definition) is 3. The van der Waals surface area contributed by atoms with Crippen molar-refractivity contribution in [3.8, 4) is 0 Å². The van der Waals surface area contributed by atoms with Gasteiger partial charge in [-0.3, -0.25) is 4.79 Å². The van der Waals surface area contributed by atoms with E-state index in [4.69, 9.17) is 0 Å². The molecule has 0 spiro atoms. The van der Waals surface area contributed by atoms with E-state index >= 15 is 0 Å². The molecule has 0 N–H and O–H groups in total. The van der Waals surface area contributed by atoms with Gasteiger partial charge < -0.3 is 0 Å². The van der Waals surface area contributed by atoms with Gasteiger partial charge in [0.25, 0.3) is 0 Å². The Labute approximate surface area is 54.2 Å². The molecule has 0 heterocycles. The summed E-state index contributed by atoms with van der Waals surface area (Å²) < 4.78 is 0. The maximum absolute atomic E-state index is 9.73. The molecule has 1 atom stereocenters. The fraction of sp³-hybridized carbons (Fsp3) is 0.500. The Morgan fingerprint density at radius 3 is 2.67 bits per heavy atom. The van der Waals surface area contributed by atoms with Gasteiger partial charge >= 0.3 is 0 Å². The normalized spacial score (nSPS) is 14.0. The number of allylic oxidation sites excluding steroid dienone is 1. The molecular weight excluding hydrogens is 120 g/mol. The van der Waals surface area contributed by atoms with Crippen LogP contribution < -0.4 is 0 Å². The third-order valence-electron chi connectivity index (χ3n) is 0.709. The van der Waals surface area contributed by atoms with Crippen LogP contribution in [0.25, 0.3) is 0 Å². The highest BCUT2D eigenvalue weighted by Gasteiger charge is 1.92. The summed E-state index contributed by atoms with van der Waals surface area (Å²) in [5, 5.41) is 0. The average Bonchev–Trinajstić information content (AvgIpc) is 1.85. The minimum atomic E-state index is -0.166. The van der Waals surface area contributed by atoms with Crippen molar-refractivity contribution in [2.75, 3.05) is 7.11 Å². The standard InChI is InChI=1S/C6H10O3/c1-6(9-8-2)4-3-5-7/h3-6H,1-2H3/b4-3+. The summed E-state index contributed by atoms with van der Waals surface area (Å²) in [6.07, 6.45) is 3.48. The number of aldehydes is 1. The molecule has 3 nitrogen and oxygen atoms in total. The summed E-state index contributed by atoms with van der Waals surface area (Å²) >= 11 is 0. The van der Waals surface area contributed by atoms with E-state index < -0.39 is 0 Å². The average molecular weight is 130 g/mol. The van der Waals surface area contributed by atoms with E-state index in [0.717, 1.165) is 0 Å². The van der Waals surface area contributed by atoms with E-state index in [-0.39, 0.29) is 6.10 Å². The largest absolute Gasteiger partial charge is 0.299 e. The van der Waals surface area contributed by atoms with E-state index in [1.807, 2.05) is 0 Å². The van der Waals surface area contributed by atoms with Gasteiger partial charge in [0.1, 0.15) is 12.4 Å². The summed E-state index contributed by atoms with van der Waals surface area (Å²) in [4.78, 5) is 18.7. The predicted octanol–water partition coefficient (Wildman–Crippen LogP) is 0.708. The van der Waals surface area contributed by atoms with Crippen molar-refractivity contribution in [1.29, 1.82) is 0 Å². The van der Waals surface area contributed by atoms with Crippen LogP contribution in [-0.4, -0.2) is 19.5 Å². The molecule has 0 aliphatic rings.